The summed E-state index contributed by atoms with van der Waals surface area (Å²) in [5.41, 5.74) is 3.20. The molecule has 0 fully saturated rings. The molecule has 1 atom stereocenters. The highest BCUT2D eigenvalue weighted by atomic mass is 16.5. The van der Waals surface area contributed by atoms with Gasteiger partial charge in [-0.1, -0.05) is 42.5 Å². The second-order valence-corrected chi connectivity index (χ2v) is 7.39. The van der Waals surface area contributed by atoms with Gasteiger partial charge in [-0.2, -0.15) is 0 Å². The van der Waals surface area contributed by atoms with Crippen LogP contribution in [0.4, 0.5) is 11.4 Å². The monoisotopic (exact) mass is 417 g/mol. The van der Waals surface area contributed by atoms with Crippen molar-refractivity contribution in [3.63, 3.8) is 0 Å². The van der Waals surface area contributed by atoms with Crippen molar-refractivity contribution < 1.29 is 14.3 Å². The molecule has 0 heterocycles. The van der Waals surface area contributed by atoms with E-state index in [1.54, 1.807) is 36.4 Å². The normalized spacial score (nSPS) is 11.4. The molecule has 2 amide bonds. The molecule has 0 saturated heterocycles. The first-order valence-corrected chi connectivity index (χ1v) is 10.0. The first-order valence-electron chi connectivity index (χ1n) is 10.0. The van der Waals surface area contributed by atoms with E-state index in [4.69, 9.17) is 4.74 Å². The van der Waals surface area contributed by atoms with Crippen LogP contribution in [0.5, 0.6) is 5.75 Å². The van der Waals surface area contributed by atoms with E-state index in [0.717, 1.165) is 11.3 Å². The molecule has 6 heteroatoms. The molecule has 3 rings (SSSR count). The molecule has 0 aliphatic carbocycles. The second kappa shape index (κ2) is 9.80. The van der Waals surface area contributed by atoms with Crippen molar-refractivity contribution in [3.05, 3.63) is 89.5 Å². The van der Waals surface area contributed by atoms with E-state index in [2.05, 4.69) is 10.6 Å². The third kappa shape index (κ3) is 5.22. The second-order valence-electron chi connectivity index (χ2n) is 7.39. The van der Waals surface area contributed by atoms with E-state index in [1.165, 1.54) is 7.11 Å². The summed E-state index contributed by atoms with van der Waals surface area (Å²) in [5.74, 6) is -0.0351. The lowest BCUT2D eigenvalue weighted by Crippen LogP contribution is -2.28. The van der Waals surface area contributed by atoms with Crippen LogP contribution in [0.2, 0.25) is 0 Å². The minimum absolute atomic E-state index is 0.157. The van der Waals surface area contributed by atoms with Crippen LogP contribution in [0.25, 0.3) is 0 Å². The van der Waals surface area contributed by atoms with Crippen LogP contribution in [-0.2, 0) is 0 Å². The van der Waals surface area contributed by atoms with Gasteiger partial charge in [0.05, 0.1) is 24.3 Å². The molecule has 1 unspecified atom stereocenters. The van der Waals surface area contributed by atoms with Crippen LogP contribution < -0.4 is 20.3 Å². The van der Waals surface area contributed by atoms with Crippen molar-refractivity contribution in [2.24, 2.45) is 0 Å². The zero-order valence-electron chi connectivity index (χ0n) is 18.2. The lowest BCUT2D eigenvalue weighted by Gasteiger charge is -2.20. The van der Waals surface area contributed by atoms with Gasteiger partial charge in [0.1, 0.15) is 5.75 Å². The van der Waals surface area contributed by atoms with E-state index in [9.17, 15) is 9.59 Å². The number of ether oxygens (including phenoxy) is 1. The summed E-state index contributed by atoms with van der Waals surface area (Å²) < 4.78 is 5.27. The summed E-state index contributed by atoms with van der Waals surface area (Å²) in [6.07, 6.45) is 0. The number of hydrogen-bond donors (Lipinski definition) is 2. The fourth-order valence-corrected chi connectivity index (χ4v) is 3.32. The van der Waals surface area contributed by atoms with Crippen molar-refractivity contribution in [2.45, 2.75) is 13.0 Å². The lowest BCUT2D eigenvalue weighted by atomic mass is 10.1. The van der Waals surface area contributed by atoms with Gasteiger partial charge < -0.3 is 20.3 Å². The Bertz CT molecular complexity index is 1060. The topological polar surface area (TPSA) is 70.7 Å². The zero-order chi connectivity index (χ0) is 22.4. The molecule has 0 bridgehead atoms. The molecule has 0 radical (unpaired) electrons. The highest BCUT2D eigenvalue weighted by Crippen LogP contribution is 2.25. The van der Waals surface area contributed by atoms with Gasteiger partial charge in [-0.15, -0.1) is 0 Å². The number of nitrogens with zero attached hydrogens (tertiary/aromatic N) is 1. The summed E-state index contributed by atoms with van der Waals surface area (Å²) in [7, 11) is 5.27. The molecule has 0 aliphatic heterocycles. The fourth-order valence-electron chi connectivity index (χ4n) is 3.32. The molecule has 0 aliphatic rings. The number of carbonyl (C=O) groups excluding carboxylic acids is 2. The molecule has 0 aromatic heterocycles. The van der Waals surface area contributed by atoms with E-state index in [1.807, 2.05) is 62.3 Å². The van der Waals surface area contributed by atoms with Crippen LogP contribution in [0.1, 0.15) is 39.2 Å². The summed E-state index contributed by atoms with van der Waals surface area (Å²) >= 11 is 0. The number of para-hydroxylation sites is 1. The van der Waals surface area contributed by atoms with Gasteiger partial charge in [0.2, 0.25) is 0 Å². The zero-order valence-corrected chi connectivity index (χ0v) is 18.2. The van der Waals surface area contributed by atoms with Crippen molar-refractivity contribution >= 4 is 23.2 Å². The number of methoxy groups -OCH3 is 1. The Morgan fingerprint density at radius 3 is 2.23 bits per heavy atom. The Morgan fingerprint density at radius 2 is 1.55 bits per heavy atom. The Balaban J connectivity index is 1.85. The van der Waals surface area contributed by atoms with Gasteiger partial charge in [0, 0.05) is 25.5 Å². The van der Waals surface area contributed by atoms with E-state index in [0.29, 0.717) is 22.6 Å². The fraction of sp³-hybridized carbons (Fsp3) is 0.200. The minimum Gasteiger partial charge on any atom is -0.496 e. The molecule has 31 heavy (non-hydrogen) atoms. The number of hydrogen-bond acceptors (Lipinski definition) is 4. The molecule has 6 nitrogen and oxygen atoms in total. The highest BCUT2D eigenvalue weighted by molar-refractivity contribution is 6.07. The molecule has 2 N–H and O–H groups in total. The van der Waals surface area contributed by atoms with Crippen molar-refractivity contribution in [1.29, 1.82) is 0 Å². The third-order valence-electron chi connectivity index (χ3n) is 4.98. The van der Waals surface area contributed by atoms with Gasteiger partial charge in [-0.25, -0.2) is 0 Å². The van der Waals surface area contributed by atoms with Crippen LogP contribution in [0.3, 0.4) is 0 Å². The summed E-state index contributed by atoms with van der Waals surface area (Å²) in [4.78, 5) is 27.7. The average molecular weight is 418 g/mol. The number of nitrogens with one attached hydrogen (secondary N) is 2. The standard InChI is InChI=1S/C25H27N3O3/c1-17(18-10-6-5-7-11-18)26-25(30)21-16-19(14-15-22(21)28(2)3)27-24(29)20-12-8-9-13-23(20)31-4/h5-17H,1-4H3,(H,26,30)(H,27,29). The van der Waals surface area contributed by atoms with Gasteiger partial charge in [-0.3, -0.25) is 9.59 Å². The maximum Gasteiger partial charge on any atom is 0.259 e. The van der Waals surface area contributed by atoms with E-state index < -0.39 is 0 Å². The summed E-state index contributed by atoms with van der Waals surface area (Å²) in [6.45, 7) is 1.94. The SMILES string of the molecule is COc1ccccc1C(=O)Nc1ccc(N(C)C)c(C(=O)NC(C)c2ccccc2)c1. The lowest BCUT2D eigenvalue weighted by molar-refractivity contribution is 0.0939. The maximum atomic E-state index is 13.1. The van der Waals surface area contributed by atoms with Gasteiger partial charge in [-0.05, 0) is 42.8 Å². The molecule has 3 aromatic carbocycles. The Morgan fingerprint density at radius 1 is 0.871 bits per heavy atom. The number of rotatable bonds is 7. The van der Waals surface area contributed by atoms with E-state index in [-0.39, 0.29) is 17.9 Å². The number of anilines is 2. The Labute approximate surface area is 182 Å². The molecule has 160 valence electrons. The van der Waals surface area contributed by atoms with Crippen LogP contribution >= 0.6 is 0 Å². The Kier molecular flexibility index (Phi) is 6.92. The van der Waals surface area contributed by atoms with Crippen LogP contribution in [0.15, 0.2) is 72.8 Å². The van der Waals surface area contributed by atoms with Crippen LogP contribution in [0, 0.1) is 0 Å². The summed E-state index contributed by atoms with van der Waals surface area (Å²) in [6, 6.07) is 21.9. The molecule has 3 aromatic rings. The van der Waals surface area contributed by atoms with Gasteiger partial charge in [0.25, 0.3) is 11.8 Å². The average Bonchev–Trinajstić information content (AvgIpc) is 2.79. The Hall–Kier alpha value is -3.80. The number of carbonyl (C=O) groups is 2. The highest BCUT2D eigenvalue weighted by Gasteiger charge is 2.18. The molecular weight excluding hydrogens is 390 g/mol. The van der Waals surface area contributed by atoms with Gasteiger partial charge >= 0.3 is 0 Å². The first-order chi connectivity index (χ1) is 14.9. The molecule has 0 saturated carbocycles. The quantitative estimate of drug-likeness (QED) is 0.594. The minimum atomic E-state index is -0.306. The van der Waals surface area contributed by atoms with Crippen LogP contribution in [-0.4, -0.2) is 33.0 Å². The predicted molar refractivity (Wildman–Crippen MR) is 124 cm³/mol. The smallest absolute Gasteiger partial charge is 0.259 e. The largest absolute Gasteiger partial charge is 0.496 e. The van der Waals surface area contributed by atoms with Crippen molar-refractivity contribution in [2.75, 3.05) is 31.4 Å². The molecule has 0 spiro atoms. The van der Waals surface area contributed by atoms with E-state index >= 15 is 0 Å². The maximum absolute atomic E-state index is 13.1. The number of amides is 2. The number of benzene rings is 3. The predicted octanol–water partition coefficient (Wildman–Crippen LogP) is 4.50. The third-order valence-corrected chi connectivity index (χ3v) is 4.98. The van der Waals surface area contributed by atoms with Crippen molar-refractivity contribution in [1.82, 2.24) is 5.32 Å². The molecular formula is C25H27N3O3. The van der Waals surface area contributed by atoms with Gasteiger partial charge in [0.15, 0.2) is 0 Å². The van der Waals surface area contributed by atoms with Crippen molar-refractivity contribution in [3.8, 4) is 5.75 Å². The first kappa shape index (κ1) is 21.9. The summed E-state index contributed by atoms with van der Waals surface area (Å²) in [5, 5.41) is 5.90.